The zero-order valence-electron chi connectivity index (χ0n) is 10.2. The van der Waals surface area contributed by atoms with E-state index in [-0.39, 0.29) is 12.5 Å². The Morgan fingerprint density at radius 1 is 1.53 bits per heavy atom. The van der Waals surface area contributed by atoms with E-state index in [0.29, 0.717) is 6.54 Å². The fraction of sp³-hybridized carbons (Fsp3) is 0.462. The Labute approximate surface area is 111 Å². The van der Waals surface area contributed by atoms with Crippen LogP contribution in [0.15, 0.2) is 28.7 Å². The number of carboxylic acids is 1. The Morgan fingerprint density at radius 2 is 2.24 bits per heavy atom. The molecule has 0 aliphatic rings. The van der Waals surface area contributed by atoms with Gasteiger partial charge in [-0.3, -0.25) is 9.69 Å². The molecule has 1 atom stereocenters. The van der Waals surface area contributed by atoms with Crippen LogP contribution in [-0.4, -0.2) is 29.6 Å². The third kappa shape index (κ3) is 4.48. The highest BCUT2D eigenvalue weighted by molar-refractivity contribution is 9.10. The molecule has 0 spiro atoms. The van der Waals surface area contributed by atoms with Crippen LogP contribution in [0.4, 0.5) is 0 Å². The smallest absolute Gasteiger partial charge is 0.304 e. The van der Waals surface area contributed by atoms with Crippen molar-refractivity contribution >= 4 is 21.9 Å². The Hall–Kier alpha value is -0.870. The molecule has 1 unspecified atom stereocenters. The summed E-state index contributed by atoms with van der Waals surface area (Å²) in [6, 6.07) is 8.44. The third-order valence-electron chi connectivity index (χ3n) is 2.83. The van der Waals surface area contributed by atoms with Crippen LogP contribution >= 0.6 is 15.9 Å². The summed E-state index contributed by atoms with van der Waals surface area (Å²) >= 11 is 3.46. The summed E-state index contributed by atoms with van der Waals surface area (Å²) in [4.78, 5) is 12.7. The Morgan fingerprint density at radius 3 is 2.76 bits per heavy atom. The van der Waals surface area contributed by atoms with Crippen molar-refractivity contribution in [2.75, 3.05) is 13.6 Å². The first-order valence-electron chi connectivity index (χ1n) is 5.72. The van der Waals surface area contributed by atoms with Crippen LogP contribution in [0.1, 0.15) is 31.4 Å². The van der Waals surface area contributed by atoms with E-state index >= 15 is 0 Å². The molecule has 0 bridgehead atoms. The van der Waals surface area contributed by atoms with Crippen molar-refractivity contribution < 1.29 is 9.90 Å². The van der Waals surface area contributed by atoms with Crippen molar-refractivity contribution in [3.05, 3.63) is 34.3 Å². The van der Waals surface area contributed by atoms with Crippen LogP contribution in [-0.2, 0) is 4.79 Å². The standard InChI is InChI=1S/C13H18BrNO2/c1-3-12(15(2)8-7-13(16)17)10-5-4-6-11(14)9-10/h4-6,9,12H,3,7-8H2,1-2H3,(H,16,17). The summed E-state index contributed by atoms with van der Waals surface area (Å²) in [5.74, 6) is -0.749. The normalized spacial score (nSPS) is 12.7. The monoisotopic (exact) mass is 299 g/mol. The zero-order valence-corrected chi connectivity index (χ0v) is 11.8. The van der Waals surface area contributed by atoms with Crippen molar-refractivity contribution in [2.45, 2.75) is 25.8 Å². The van der Waals surface area contributed by atoms with Gasteiger partial charge in [-0.05, 0) is 31.2 Å². The minimum atomic E-state index is -0.749. The molecule has 1 aromatic carbocycles. The van der Waals surface area contributed by atoms with Gasteiger partial charge in [0.05, 0.1) is 6.42 Å². The summed E-state index contributed by atoms with van der Waals surface area (Å²) in [7, 11) is 1.97. The minimum Gasteiger partial charge on any atom is -0.481 e. The predicted molar refractivity (Wildman–Crippen MR) is 72.1 cm³/mol. The first-order valence-corrected chi connectivity index (χ1v) is 6.51. The van der Waals surface area contributed by atoms with Crippen LogP contribution in [0.5, 0.6) is 0 Å². The molecule has 0 aromatic heterocycles. The first-order chi connectivity index (χ1) is 8.04. The molecule has 1 N–H and O–H groups in total. The van der Waals surface area contributed by atoms with Crippen LogP contribution in [0.2, 0.25) is 0 Å². The van der Waals surface area contributed by atoms with Gasteiger partial charge in [0.15, 0.2) is 0 Å². The summed E-state index contributed by atoms with van der Waals surface area (Å²) in [5.41, 5.74) is 1.22. The number of hydrogen-bond donors (Lipinski definition) is 1. The number of hydrogen-bond acceptors (Lipinski definition) is 2. The van der Waals surface area contributed by atoms with Gasteiger partial charge in [0, 0.05) is 17.1 Å². The maximum Gasteiger partial charge on any atom is 0.304 e. The van der Waals surface area contributed by atoms with Gasteiger partial charge in [0.1, 0.15) is 0 Å². The van der Waals surface area contributed by atoms with Gasteiger partial charge >= 0.3 is 5.97 Å². The van der Waals surface area contributed by atoms with Crippen LogP contribution < -0.4 is 0 Å². The molecule has 1 aromatic rings. The number of carbonyl (C=O) groups is 1. The second-order valence-electron chi connectivity index (χ2n) is 4.10. The van der Waals surface area contributed by atoms with Gasteiger partial charge < -0.3 is 5.11 Å². The molecule has 17 heavy (non-hydrogen) atoms. The topological polar surface area (TPSA) is 40.5 Å². The average molecular weight is 300 g/mol. The summed E-state index contributed by atoms with van der Waals surface area (Å²) in [5, 5.41) is 8.70. The van der Waals surface area contributed by atoms with Gasteiger partial charge in [-0.1, -0.05) is 35.0 Å². The zero-order chi connectivity index (χ0) is 12.8. The average Bonchev–Trinajstić information content (AvgIpc) is 2.27. The fourth-order valence-electron chi connectivity index (χ4n) is 1.94. The number of halogens is 1. The van der Waals surface area contributed by atoms with Gasteiger partial charge in [0.2, 0.25) is 0 Å². The lowest BCUT2D eigenvalue weighted by Gasteiger charge is -2.27. The lowest BCUT2D eigenvalue weighted by Crippen LogP contribution is -2.26. The van der Waals surface area contributed by atoms with E-state index in [2.05, 4.69) is 39.9 Å². The maximum atomic E-state index is 10.6. The Balaban J connectivity index is 2.73. The molecule has 4 heteroatoms. The molecule has 0 radical (unpaired) electrons. The molecule has 3 nitrogen and oxygen atoms in total. The van der Waals surface area contributed by atoms with Crippen molar-refractivity contribution in [3.63, 3.8) is 0 Å². The van der Waals surface area contributed by atoms with E-state index in [1.165, 1.54) is 5.56 Å². The molecular weight excluding hydrogens is 282 g/mol. The van der Waals surface area contributed by atoms with Gasteiger partial charge in [-0.15, -0.1) is 0 Å². The number of rotatable bonds is 6. The van der Waals surface area contributed by atoms with E-state index in [0.717, 1.165) is 10.9 Å². The number of carboxylic acid groups (broad SMARTS) is 1. The van der Waals surface area contributed by atoms with Gasteiger partial charge in [0.25, 0.3) is 0 Å². The molecule has 0 aliphatic heterocycles. The highest BCUT2D eigenvalue weighted by atomic mass is 79.9. The maximum absolute atomic E-state index is 10.6. The molecule has 1 rings (SSSR count). The Bertz CT molecular complexity index is 381. The lowest BCUT2D eigenvalue weighted by atomic mass is 10.0. The minimum absolute atomic E-state index is 0.182. The van der Waals surface area contributed by atoms with Crippen molar-refractivity contribution in [1.82, 2.24) is 4.90 Å². The molecule has 0 amide bonds. The molecule has 0 fully saturated rings. The van der Waals surface area contributed by atoms with E-state index in [9.17, 15) is 4.79 Å². The molecule has 94 valence electrons. The second-order valence-corrected chi connectivity index (χ2v) is 5.02. The van der Waals surface area contributed by atoms with Gasteiger partial charge in [-0.25, -0.2) is 0 Å². The molecule has 0 heterocycles. The van der Waals surface area contributed by atoms with Crippen LogP contribution in [0.25, 0.3) is 0 Å². The summed E-state index contributed by atoms with van der Waals surface area (Å²) in [6.07, 6.45) is 1.15. The van der Waals surface area contributed by atoms with Gasteiger partial charge in [-0.2, -0.15) is 0 Å². The van der Waals surface area contributed by atoms with Crippen molar-refractivity contribution in [2.24, 2.45) is 0 Å². The third-order valence-corrected chi connectivity index (χ3v) is 3.32. The molecule has 0 aliphatic carbocycles. The van der Waals surface area contributed by atoms with E-state index in [4.69, 9.17) is 5.11 Å². The number of benzene rings is 1. The lowest BCUT2D eigenvalue weighted by molar-refractivity contribution is -0.137. The quantitative estimate of drug-likeness (QED) is 0.876. The summed E-state index contributed by atoms with van der Waals surface area (Å²) in [6.45, 7) is 2.68. The van der Waals surface area contributed by atoms with E-state index in [1.54, 1.807) is 0 Å². The molecular formula is C13H18BrNO2. The van der Waals surface area contributed by atoms with E-state index in [1.807, 2.05) is 19.2 Å². The Kier molecular flexibility index (Phi) is 5.65. The van der Waals surface area contributed by atoms with Crippen LogP contribution in [0, 0.1) is 0 Å². The van der Waals surface area contributed by atoms with Crippen molar-refractivity contribution in [1.29, 1.82) is 0 Å². The number of nitrogens with zero attached hydrogens (tertiary/aromatic N) is 1. The highest BCUT2D eigenvalue weighted by Gasteiger charge is 2.15. The number of aliphatic carboxylic acids is 1. The van der Waals surface area contributed by atoms with Crippen LogP contribution in [0.3, 0.4) is 0 Å². The first kappa shape index (κ1) is 14.2. The predicted octanol–water partition coefficient (Wildman–Crippen LogP) is 3.31. The SMILES string of the molecule is CCC(c1cccc(Br)c1)N(C)CCC(=O)O. The molecule has 0 saturated heterocycles. The second kappa shape index (κ2) is 6.77. The highest BCUT2D eigenvalue weighted by Crippen LogP contribution is 2.25. The largest absolute Gasteiger partial charge is 0.481 e. The fourth-order valence-corrected chi connectivity index (χ4v) is 2.36. The molecule has 0 saturated carbocycles. The summed E-state index contributed by atoms with van der Waals surface area (Å²) < 4.78 is 1.06. The van der Waals surface area contributed by atoms with Crippen molar-refractivity contribution in [3.8, 4) is 0 Å². The van der Waals surface area contributed by atoms with E-state index < -0.39 is 5.97 Å².